The molecule has 0 bridgehead atoms. The second-order valence-electron chi connectivity index (χ2n) is 5.33. The Morgan fingerprint density at radius 3 is 2.58 bits per heavy atom. The first-order valence-electron chi connectivity index (χ1n) is 7.30. The first kappa shape index (κ1) is 17.9. The zero-order chi connectivity index (χ0) is 17.7. The van der Waals surface area contributed by atoms with Gasteiger partial charge in [0.25, 0.3) is 5.56 Å². The smallest absolute Gasteiger partial charge is 0.258 e. The van der Waals surface area contributed by atoms with Crippen molar-refractivity contribution in [1.82, 2.24) is 9.97 Å². The predicted octanol–water partition coefficient (Wildman–Crippen LogP) is 2.34. The van der Waals surface area contributed by atoms with Crippen LogP contribution in [0.3, 0.4) is 0 Å². The van der Waals surface area contributed by atoms with Crippen molar-refractivity contribution in [3.63, 3.8) is 0 Å². The summed E-state index contributed by atoms with van der Waals surface area (Å²) in [5, 5.41) is 12.8. The van der Waals surface area contributed by atoms with E-state index in [9.17, 15) is 14.7 Å². The van der Waals surface area contributed by atoms with Crippen LogP contribution in [0.5, 0.6) is 11.6 Å². The van der Waals surface area contributed by atoms with E-state index in [1.165, 1.54) is 0 Å². The fourth-order valence-electron chi connectivity index (χ4n) is 2.04. The lowest BCUT2D eigenvalue weighted by molar-refractivity contribution is -0.113. The van der Waals surface area contributed by atoms with Gasteiger partial charge in [0.1, 0.15) is 5.75 Å². The second-order valence-corrected chi connectivity index (χ2v) is 6.29. The van der Waals surface area contributed by atoms with Crippen molar-refractivity contribution in [3.05, 3.63) is 40.2 Å². The van der Waals surface area contributed by atoms with Gasteiger partial charge in [-0.05, 0) is 30.2 Å². The van der Waals surface area contributed by atoms with E-state index in [4.69, 9.17) is 4.74 Å². The number of hydrogen-bond acceptors (Lipinski definition) is 6. The zero-order valence-electron chi connectivity index (χ0n) is 13.6. The summed E-state index contributed by atoms with van der Waals surface area (Å²) in [6, 6.07) is 6.94. The van der Waals surface area contributed by atoms with Gasteiger partial charge in [0.05, 0.1) is 18.4 Å². The molecule has 7 nitrogen and oxygen atoms in total. The summed E-state index contributed by atoms with van der Waals surface area (Å²) < 4.78 is 5.05. The minimum atomic E-state index is -0.393. The average molecular weight is 349 g/mol. The number of aromatic nitrogens is 2. The van der Waals surface area contributed by atoms with Crippen LogP contribution in [0.15, 0.2) is 34.2 Å². The molecule has 1 amide bonds. The van der Waals surface area contributed by atoms with Crippen LogP contribution in [0.2, 0.25) is 0 Å². The van der Waals surface area contributed by atoms with E-state index >= 15 is 0 Å². The first-order valence-corrected chi connectivity index (χ1v) is 8.29. The molecule has 2 rings (SSSR count). The number of nitrogens with one attached hydrogen (secondary N) is 2. The number of carbonyl (C=O) groups is 1. The lowest BCUT2D eigenvalue weighted by atomic mass is 10.1. The van der Waals surface area contributed by atoms with E-state index in [2.05, 4.69) is 15.3 Å². The average Bonchev–Trinajstić information content (AvgIpc) is 2.52. The molecule has 0 saturated heterocycles. The van der Waals surface area contributed by atoms with Gasteiger partial charge in [-0.25, -0.2) is 0 Å². The van der Waals surface area contributed by atoms with Crippen LogP contribution in [-0.4, -0.2) is 33.8 Å². The van der Waals surface area contributed by atoms with Crippen LogP contribution in [0.1, 0.15) is 25.3 Å². The predicted molar refractivity (Wildman–Crippen MR) is 93.0 cm³/mol. The summed E-state index contributed by atoms with van der Waals surface area (Å²) in [4.78, 5) is 30.4. The molecule has 0 spiro atoms. The molecule has 0 unspecified atom stereocenters. The Morgan fingerprint density at radius 1 is 1.38 bits per heavy atom. The van der Waals surface area contributed by atoms with Gasteiger partial charge in [0.15, 0.2) is 5.16 Å². The highest BCUT2D eigenvalue weighted by Crippen LogP contribution is 2.22. The molecule has 2 aromatic rings. The highest BCUT2D eigenvalue weighted by molar-refractivity contribution is 7.99. The number of aromatic hydroxyl groups is 1. The number of amides is 1. The van der Waals surface area contributed by atoms with Crippen LogP contribution >= 0.6 is 11.8 Å². The number of benzene rings is 1. The Labute approximate surface area is 143 Å². The number of ether oxygens (including phenoxy) is 1. The Kier molecular flexibility index (Phi) is 5.86. The Morgan fingerprint density at radius 2 is 2.04 bits per heavy atom. The van der Waals surface area contributed by atoms with Crippen LogP contribution in [0.4, 0.5) is 5.69 Å². The van der Waals surface area contributed by atoms with Crippen molar-refractivity contribution < 1.29 is 14.6 Å². The summed E-state index contributed by atoms with van der Waals surface area (Å²) in [5.74, 6) is 0.0608. The molecule has 1 heterocycles. The highest BCUT2D eigenvalue weighted by Gasteiger charge is 2.15. The lowest BCUT2D eigenvalue weighted by Gasteiger charge is -2.08. The number of anilines is 1. The molecule has 3 N–H and O–H groups in total. The van der Waals surface area contributed by atoms with E-state index in [0.717, 1.165) is 11.8 Å². The highest BCUT2D eigenvalue weighted by atomic mass is 32.2. The number of thioether (sulfide) groups is 1. The molecule has 0 atom stereocenters. The number of H-pyrrole nitrogens is 1. The quantitative estimate of drug-likeness (QED) is 0.546. The van der Waals surface area contributed by atoms with Crippen molar-refractivity contribution in [2.45, 2.75) is 24.9 Å². The third-order valence-corrected chi connectivity index (χ3v) is 4.08. The fourth-order valence-corrected chi connectivity index (χ4v) is 2.70. The lowest BCUT2D eigenvalue weighted by Crippen LogP contribution is -2.18. The minimum Gasteiger partial charge on any atom is -0.497 e. The van der Waals surface area contributed by atoms with Crippen molar-refractivity contribution in [2.24, 2.45) is 0 Å². The summed E-state index contributed by atoms with van der Waals surface area (Å²) in [7, 11) is 1.57. The number of hydrogen-bond donors (Lipinski definition) is 3. The SMILES string of the molecule is COc1ccc(NC(=O)CSc2nc(O)c(C(C)C)c(=O)[nH]2)cc1. The Hall–Kier alpha value is -2.48. The molecular formula is C16H19N3O4S. The molecule has 0 radical (unpaired) electrons. The number of aromatic amines is 1. The standard InChI is InChI=1S/C16H19N3O4S/c1-9(2)13-14(21)18-16(19-15(13)22)24-8-12(20)17-10-4-6-11(23-3)7-5-10/h4-7,9H,8H2,1-3H3,(H,17,20)(H2,18,19,21,22). The molecule has 24 heavy (non-hydrogen) atoms. The minimum absolute atomic E-state index is 0.0510. The second kappa shape index (κ2) is 7.87. The third-order valence-electron chi connectivity index (χ3n) is 3.20. The van der Waals surface area contributed by atoms with Gasteiger partial charge in [-0.1, -0.05) is 25.6 Å². The molecule has 0 aliphatic rings. The third kappa shape index (κ3) is 4.51. The van der Waals surface area contributed by atoms with Gasteiger partial charge < -0.3 is 20.1 Å². The van der Waals surface area contributed by atoms with Gasteiger partial charge in [-0.2, -0.15) is 4.98 Å². The molecule has 1 aromatic carbocycles. The Balaban J connectivity index is 1.97. The normalized spacial score (nSPS) is 10.7. The summed E-state index contributed by atoms with van der Waals surface area (Å²) >= 11 is 1.04. The van der Waals surface area contributed by atoms with Crippen LogP contribution in [-0.2, 0) is 4.79 Å². The Bertz CT molecular complexity index is 772. The molecule has 128 valence electrons. The molecule has 0 aliphatic heterocycles. The molecule has 0 aliphatic carbocycles. The van der Waals surface area contributed by atoms with Gasteiger partial charge in [-0.15, -0.1) is 0 Å². The van der Waals surface area contributed by atoms with E-state index in [1.54, 1.807) is 45.2 Å². The van der Waals surface area contributed by atoms with Crippen LogP contribution in [0, 0.1) is 0 Å². The number of nitrogens with zero attached hydrogens (tertiary/aromatic N) is 1. The van der Waals surface area contributed by atoms with Gasteiger partial charge in [-0.3, -0.25) is 9.59 Å². The van der Waals surface area contributed by atoms with Gasteiger partial charge in [0, 0.05) is 5.69 Å². The van der Waals surface area contributed by atoms with Crippen molar-refractivity contribution in [1.29, 1.82) is 0 Å². The number of carbonyl (C=O) groups excluding carboxylic acids is 1. The molecular weight excluding hydrogens is 330 g/mol. The summed E-state index contributed by atoms with van der Waals surface area (Å²) in [5.41, 5.74) is 0.485. The topological polar surface area (TPSA) is 104 Å². The van der Waals surface area contributed by atoms with Crippen molar-refractivity contribution in [3.8, 4) is 11.6 Å². The monoisotopic (exact) mass is 349 g/mol. The van der Waals surface area contributed by atoms with Gasteiger partial charge in [0.2, 0.25) is 11.8 Å². The van der Waals surface area contributed by atoms with E-state index in [0.29, 0.717) is 11.4 Å². The number of rotatable bonds is 6. The molecule has 8 heteroatoms. The summed E-state index contributed by atoms with van der Waals surface area (Å²) in [6.45, 7) is 3.59. The van der Waals surface area contributed by atoms with E-state index in [-0.39, 0.29) is 34.2 Å². The maximum Gasteiger partial charge on any atom is 0.258 e. The largest absolute Gasteiger partial charge is 0.497 e. The first-order chi connectivity index (χ1) is 11.4. The van der Waals surface area contributed by atoms with E-state index < -0.39 is 5.56 Å². The maximum atomic E-state index is 11.9. The maximum absolute atomic E-state index is 11.9. The number of methoxy groups -OCH3 is 1. The van der Waals surface area contributed by atoms with Crippen molar-refractivity contribution in [2.75, 3.05) is 18.2 Å². The molecule has 0 fully saturated rings. The van der Waals surface area contributed by atoms with Crippen LogP contribution < -0.4 is 15.6 Å². The van der Waals surface area contributed by atoms with Crippen LogP contribution in [0.25, 0.3) is 0 Å². The zero-order valence-corrected chi connectivity index (χ0v) is 14.4. The molecule has 1 aromatic heterocycles. The fraction of sp³-hybridized carbons (Fsp3) is 0.312. The summed E-state index contributed by atoms with van der Waals surface area (Å²) in [6.07, 6.45) is 0. The van der Waals surface area contributed by atoms with Gasteiger partial charge >= 0.3 is 0 Å². The van der Waals surface area contributed by atoms with E-state index in [1.807, 2.05) is 0 Å². The molecule has 0 saturated carbocycles. The van der Waals surface area contributed by atoms with Crippen molar-refractivity contribution >= 4 is 23.4 Å².